The van der Waals surface area contributed by atoms with Crippen LogP contribution >= 0.6 is 35.7 Å². The molecule has 24 heavy (non-hydrogen) atoms. The summed E-state index contributed by atoms with van der Waals surface area (Å²) < 4.78 is 5.24. The maximum absolute atomic E-state index is 5.24. The second-order valence-corrected chi connectivity index (χ2v) is 6.68. The second kappa shape index (κ2) is 14.8. The molecule has 1 aromatic heterocycles. The fourth-order valence-corrected chi connectivity index (χ4v) is 2.44. The van der Waals surface area contributed by atoms with Crippen LogP contribution in [0.1, 0.15) is 57.7 Å². The summed E-state index contributed by atoms with van der Waals surface area (Å²) in [7, 11) is 0. The molecule has 0 aliphatic carbocycles. The Balaban J connectivity index is 0.00000529. The molecule has 0 radical (unpaired) electrons. The molecular formula is C16H32IN5OS. The van der Waals surface area contributed by atoms with E-state index in [1.54, 1.807) is 0 Å². The molecule has 1 heterocycles. The van der Waals surface area contributed by atoms with Gasteiger partial charge in [-0.1, -0.05) is 19.0 Å². The molecule has 0 unspecified atom stereocenters. The molecule has 1 rings (SSSR count). The Morgan fingerprint density at radius 3 is 2.67 bits per heavy atom. The van der Waals surface area contributed by atoms with Crippen LogP contribution in [0.15, 0.2) is 9.52 Å². The van der Waals surface area contributed by atoms with Gasteiger partial charge < -0.3 is 15.2 Å². The first-order chi connectivity index (χ1) is 11.2. The molecule has 0 aliphatic heterocycles. The monoisotopic (exact) mass is 469 g/mol. The van der Waals surface area contributed by atoms with Gasteiger partial charge in [-0.05, 0) is 38.2 Å². The Morgan fingerprint density at radius 1 is 1.25 bits per heavy atom. The lowest BCUT2D eigenvalue weighted by Gasteiger charge is -2.10. The molecule has 0 aliphatic rings. The first kappa shape index (κ1) is 23.5. The fourth-order valence-electron chi connectivity index (χ4n) is 1.95. The van der Waals surface area contributed by atoms with E-state index in [0.29, 0.717) is 11.8 Å². The van der Waals surface area contributed by atoms with Crippen LogP contribution in [0.25, 0.3) is 0 Å². The predicted molar refractivity (Wildman–Crippen MR) is 114 cm³/mol. The van der Waals surface area contributed by atoms with Gasteiger partial charge in [-0.2, -0.15) is 16.7 Å². The van der Waals surface area contributed by atoms with E-state index < -0.39 is 0 Å². The van der Waals surface area contributed by atoms with Crippen molar-refractivity contribution in [1.82, 2.24) is 20.8 Å². The zero-order chi connectivity index (χ0) is 16.9. The third-order valence-electron chi connectivity index (χ3n) is 3.23. The number of thioether (sulfide) groups is 1. The first-order valence-corrected chi connectivity index (χ1v) is 9.90. The van der Waals surface area contributed by atoms with Gasteiger partial charge in [0.2, 0.25) is 5.89 Å². The quantitative estimate of drug-likeness (QED) is 0.224. The van der Waals surface area contributed by atoms with E-state index in [1.165, 1.54) is 18.6 Å². The maximum Gasteiger partial charge on any atom is 0.226 e. The maximum atomic E-state index is 5.24. The van der Waals surface area contributed by atoms with E-state index in [0.717, 1.165) is 44.3 Å². The molecule has 2 N–H and O–H groups in total. The number of aryl methyl sites for hydroxylation is 1. The van der Waals surface area contributed by atoms with Gasteiger partial charge >= 0.3 is 0 Å². The molecule has 0 aromatic carbocycles. The van der Waals surface area contributed by atoms with E-state index in [1.807, 2.05) is 11.8 Å². The number of nitrogens with zero attached hydrogens (tertiary/aromatic N) is 3. The summed E-state index contributed by atoms with van der Waals surface area (Å²) in [5.74, 6) is 3.91. The average Bonchev–Trinajstić information content (AvgIpc) is 3.00. The van der Waals surface area contributed by atoms with E-state index in [2.05, 4.69) is 52.8 Å². The smallest absolute Gasteiger partial charge is 0.226 e. The Hall–Kier alpha value is -0.510. The number of guanidine groups is 1. The Bertz CT molecular complexity index is 453. The third kappa shape index (κ3) is 10.4. The molecule has 0 atom stereocenters. The molecule has 1 aromatic rings. The van der Waals surface area contributed by atoms with Crippen LogP contribution in [0.4, 0.5) is 0 Å². The summed E-state index contributed by atoms with van der Waals surface area (Å²) in [5.41, 5.74) is 0. The standard InChI is InChI=1S/C16H31N5OS.HI/c1-5-17-16(18-10-6-7-12-23-4)19-11-8-9-14-20-15(13(2)3)21-22-14;/h13H,5-12H2,1-4H3,(H2,17,18,19);1H. The molecule has 140 valence electrons. The largest absolute Gasteiger partial charge is 0.357 e. The van der Waals surface area contributed by atoms with Crippen LogP contribution < -0.4 is 10.6 Å². The number of unbranched alkanes of at least 4 members (excludes halogenated alkanes) is 1. The lowest BCUT2D eigenvalue weighted by molar-refractivity contribution is 0.369. The summed E-state index contributed by atoms with van der Waals surface area (Å²) in [6.07, 6.45) is 6.24. The van der Waals surface area contributed by atoms with Gasteiger partial charge in [0.1, 0.15) is 0 Å². The average molecular weight is 469 g/mol. The van der Waals surface area contributed by atoms with Crippen molar-refractivity contribution >= 4 is 41.7 Å². The van der Waals surface area contributed by atoms with Crippen molar-refractivity contribution in [3.05, 3.63) is 11.7 Å². The molecule has 0 bridgehead atoms. The minimum atomic E-state index is 0. The number of aliphatic imine (C=N–C) groups is 1. The molecule has 0 amide bonds. The van der Waals surface area contributed by atoms with Crippen molar-refractivity contribution in [3.63, 3.8) is 0 Å². The van der Waals surface area contributed by atoms with Gasteiger partial charge in [-0.25, -0.2) is 0 Å². The summed E-state index contributed by atoms with van der Waals surface area (Å²) in [5, 5.41) is 10.6. The Labute approximate surface area is 167 Å². The first-order valence-electron chi connectivity index (χ1n) is 8.51. The number of aromatic nitrogens is 2. The van der Waals surface area contributed by atoms with E-state index in [-0.39, 0.29) is 24.0 Å². The van der Waals surface area contributed by atoms with Gasteiger partial charge in [0.25, 0.3) is 0 Å². The van der Waals surface area contributed by atoms with Gasteiger partial charge in [-0.3, -0.25) is 4.99 Å². The zero-order valence-electron chi connectivity index (χ0n) is 15.3. The summed E-state index contributed by atoms with van der Waals surface area (Å²) >= 11 is 1.90. The van der Waals surface area contributed by atoms with Crippen LogP contribution in [0.3, 0.4) is 0 Å². The highest BCUT2D eigenvalue weighted by Gasteiger charge is 2.08. The normalized spacial score (nSPS) is 11.5. The van der Waals surface area contributed by atoms with Gasteiger partial charge in [0.15, 0.2) is 11.8 Å². The molecule has 8 heteroatoms. The number of nitrogens with one attached hydrogen (secondary N) is 2. The van der Waals surface area contributed by atoms with E-state index >= 15 is 0 Å². The number of hydrogen-bond acceptors (Lipinski definition) is 5. The van der Waals surface area contributed by atoms with Gasteiger partial charge in [-0.15, -0.1) is 24.0 Å². The van der Waals surface area contributed by atoms with E-state index in [9.17, 15) is 0 Å². The highest BCUT2D eigenvalue weighted by atomic mass is 127. The predicted octanol–water partition coefficient (Wildman–Crippen LogP) is 3.44. The zero-order valence-corrected chi connectivity index (χ0v) is 18.4. The Morgan fingerprint density at radius 2 is 2.04 bits per heavy atom. The highest BCUT2D eigenvalue weighted by Crippen LogP contribution is 2.10. The minimum Gasteiger partial charge on any atom is -0.357 e. The molecular weight excluding hydrogens is 437 g/mol. The topological polar surface area (TPSA) is 75.3 Å². The molecule has 0 fully saturated rings. The molecule has 0 spiro atoms. The summed E-state index contributed by atoms with van der Waals surface area (Å²) in [6.45, 7) is 8.79. The molecule has 0 saturated carbocycles. The number of halogens is 1. The minimum absolute atomic E-state index is 0. The van der Waals surface area contributed by atoms with Crippen LogP contribution in [-0.2, 0) is 6.42 Å². The molecule has 6 nitrogen and oxygen atoms in total. The van der Waals surface area contributed by atoms with Crippen molar-refractivity contribution in [2.75, 3.05) is 31.6 Å². The van der Waals surface area contributed by atoms with Crippen molar-refractivity contribution in [3.8, 4) is 0 Å². The van der Waals surface area contributed by atoms with Gasteiger partial charge in [0, 0.05) is 32.0 Å². The van der Waals surface area contributed by atoms with Crippen LogP contribution in [0.5, 0.6) is 0 Å². The SMILES string of the molecule is CCNC(=NCCCc1nc(C(C)C)no1)NCCCCSC.I. The number of hydrogen-bond donors (Lipinski definition) is 2. The Kier molecular flexibility index (Phi) is 14.5. The van der Waals surface area contributed by atoms with Crippen molar-refractivity contribution in [1.29, 1.82) is 0 Å². The number of rotatable bonds is 11. The summed E-state index contributed by atoms with van der Waals surface area (Å²) in [4.78, 5) is 8.97. The van der Waals surface area contributed by atoms with Crippen LogP contribution in [0.2, 0.25) is 0 Å². The van der Waals surface area contributed by atoms with E-state index in [4.69, 9.17) is 4.52 Å². The third-order valence-corrected chi connectivity index (χ3v) is 3.93. The van der Waals surface area contributed by atoms with Crippen LogP contribution in [0, 0.1) is 0 Å². The van der Waals surface area contributed by atoms with Crippen LogP contribution in [-0.4, -0.2) is 47.7 Å². The van der Waals surface area contributed by atoms with Gasteiger partial charge in [0.05, 0.1) is 0 Å². The summed E-state index contributed by atoms with van der Waals surface area (Å²) in [6, 6.07) is 0. The second-order valence-electron chi connectivity index (χ2n) is 5.69. The lowest BCUT2D eigenvalue weighted by atomic mass is 10.2. The van der Waals surface area contributed by atoms with Crippen molar-refractivity contribution in [2.24, 2.45) is 4.99 Å². The fraction of sp³-hybridized carbons (Fsp3) is 0.812. The van der Waals surface area contributed by atoms with Crippen molar-refractivity contribution in [2.45, 2.75) is 52.4 Å². The highest BCUT2D eigenvalue weighted by molar-refractivity contribution is 14.0. The van der Waals surface area contributed by atoms with Crippen molar-refractivity contribution < 1.29 is 4.52 Å². The molecule has 0 saturated heterocycles. The lowest BCUT2D eigenvalue weighted by Crippen LogP contribution is -2.37.